The van der Waals surface area contributed by atoms with Gasteiger partial charge in [0.25, 0.3) is 0 Å². The zero-order valence-electron chi connectivity index (χ0n) is 12.6. The molecule has 2 aromatic heterocycles. The van der Waals surface area contributed by atoms with Gasteiger partial charge < -0.3 is 19.2 Å². The molecule has 23 heavy (non-hydrogen) atoms. The molecule has 0 aliphatic carbocycles. The Labute approximate surface area is 132 Å². The maximum absolute atomic E-state index is 12.0. The number of nitrogens with zero attached hydrogens (tertiary/aromatic N) is 3. The van der Waals surface area contributed by atoms with Crippen LogP contribution in [0.2, 0.25) is 0 Å². The van der Waals surface area contributed by atoms with Crippen LogP contribution in [-0.4, -0.2) is 46.8 Å². The van der Waals surface area contributed by atoms with Gasteiger partial charge in [0, 0.05) is 18.7 Å². The molecule has 8 heteroatoms. The van der Waals surface area contributed by atoms with Crippen molar-refractivity contribution in [3.05, 3.63) is 24.3 Å². The molecule has 0 radical (unpaired) electrons. The third-order valence-electron chi connectivity index (χ3n) is 4.27. The Morgan fingerprint density at radius 3 is 3.22 bits per heavy atom. The van der Waals surface area contributed by atoms with Crippen LogP contribution >= 0.6 is 0 Å². The zero-order chi connectivity index (χ0) is 15.6. The van der Waals surface area contributed by atoms with E-state index in [1.54, 1.807) is 12.5 Å². The molecule has 1 amide bonds. The second-order valence-electron chi connectivity index (χ2n) is 5.82. The maximum Gasteiger partial charge on any atom is 0.225 e. The molecule has 1 fully saturated rings. The van der Waals surface area contributed by atoms with Crippen LogP contribution in [-0.2, 0) is 27.4 Å². The van der Waals surface area contributed by atoms with Crippen molar-refractivity contribution in [1.82, 2.24) is 20.3 Å². The summed E-state index contributed by atoms with van der Waals surface area (Å²) in [7, 11) is 0. The fourth-order valence-electron chi connectivity index (χ4n) is 2.91. The number of nitrogens with one attached hydrogen (secondary N) is 1. The zero-order valence-corrected chi connectivity index (χ0v) is 12.6. The van der Waals surface area contributed by atoms with Crippen LogP contribution in [0.15, 0.2) is 23.0 Å². The van der Waals surface area contributed by atoms with Gasteiger partial charge in [-0.3, -0.25) is 4.79 Å². The first-order valence-electron chi connectivity index (χ1n) is 7.73. The number of rotatable bonds is 4. The van der Waals surface area contributed by atoms with Crippen molar-refractivity contribution in [2.75, 3.05) is 19.8 Å². The van der Waals surface area contributed by atoms with Gasteiger partial charge in [-0.15, -0.1) is 5.10 Å². The normalized spacial score (nSPS) is 23.7. The largest absolute Gasteiger partial charge is 0.472 e. The van der Waals surface area contributed by atoms with E-state index in [-0.39, 0.29) is 17.9 Å². The Kier molecular flexibility index (Phi) is 3.84. The molecule has 0 unspecified atom stereocenters. The highest BCUT2D eigenvalue weighted by Crippen LogP contribution is 2.25. The number of furan rings is 1. The molecular weight excluding hydrogens is 300 g/mol. The summed E-state index contributed by atoms with van der Waals surface area (Å²) in [4.78, 5) is 12.0. The van der Waals surface area contributed by atoms with Crippen LogP contribution in [0.3, 0.4) is 0 Å². The molecule has 2 aliphatic heterocycles. The van der Waals surface area contributed by atoms with Gasteiger partial charge in [-0.25, -0.2) is 4.68 Å². The minimum atomic E-state index is -0.104. The summed E-state index contributed by atoms with van der Waals surface area (Å²) < 4.78 is 18.0. The average molecular weight is 318 g/mol. The highest BCUT2D eigenvalue weighted by molar-refractivity contribution is 5.79. The van der Waals surface area contributed by atoms with Crippen molar-refractivity contribution >= 4 is 5.91 Å². The second kappa shape index (κ2) is 6.13. The number of ether oxygens (including phenoxy) is 2. The first-order valence-corrected chi connectivity index (χ1v) is 7.73. The van der Waals surface area contributed by atoms with Crippen LogP contribution in [0.25, 0.3) is 11.3 Å². The van der Waals surface area contributed by atoms with Crippen molar-refractivity contribution in [2.24, 2.45) is 5.92 Å². The second-order valence-corrected chi connectivity index (χ2v) is 5.82. The summed E-state index contributed by atoms with van der Waals surface area (Å²) in [6.07, 6.45) is 3.93. The van der Waals surface area contributed by atoms with E-state index in [0.717, 1.165) is 23.4 Å². The summed E-state index contributed by atoms with van der Waals surface area (Å²) in [5, 5.41) is 11.3. The van der Waals surface area contributed by atoms with Gasteiger partial charge in [0.05, 0.1) is 50.0 Å². The highest BCUT2D eigenvalue weighted by Gasteiger charge is 2.27. The van der Waals surface area contributed by atoms with E-state index in [1.165, 1.54) is 0 Å². The molecule has 1 N–H and O–H groups in total. The van der Waals surface area contributed by atoms with Crippen molar-refractivity contribution in [2.45, 2.75) is 25.7 Å². The average Bonchev–Trinajstić information content (AvgIpc) is 3.32. The maximum atomic E-state index is 12.0. The number of hydrogen-bond acceptors (Lipinski definition) is 6. The quantitative estimate of drug-likeness (QED) is 0.887. The van der Waals surface area contributed by atoms with E-state index < -0.39 is 0 Å². The topological polar surface area (TPSA) is 91.4 Å². The minimum absolute atomic E-state index is 0.0341. The smallest absolute Gasteiger partial charge is 0.225 e. The number of aromatic nitrogens is 3. The van der Waals surface area contributed by atoms with E-state index in [9.17, 15) is 4.79 Å². The number of hydrogen-bond donors (Lipinski definition) is 1. The monoisotopic (exact) mass is 318 g/mol. The Morgan fingerprint density at radius 1 is 1.48 bits per heavy atom. The lowest BCUT2D eigenvalue weighted by atomic mass is 10.1. The first-order chi connectivity index (χ1) is 11.3. The third-order valence-corrected chi connectivity index (χ3v) is 4.27. The molecule has 0 bridgehead atoms. The van der Waals surface area contributed by atoms with Crippen molar-refractivity contribution < 1.29 is 18.7 Å². The molecule has 8 nitrogen and oxygen atoms in total. The van der Waals surface area contributed by atoms with Crippen molar-refractivity contribution in [3.8, 4) is 11.3 Å². The summed E-state index contributed by atoms with van der Waals surface area (Å²) in [6.45, 7) is 2.63. The van der Waals surface area contributed by atoms with Gasteiger partial charge in [-0.1, -0.05) is 5.21 Å². The van der Waals surface area contributed by atoms with Crippen molar-refractivity contribution in [3.63, 3.8) is 0 Å². The Morgan fingerprint density at radius 2 is 2.43 bits per heavy atom. The molecule has 122 valence electrons. The van der Waals surface area contributed by atoms with Crippen LogP contribution < -0.4 is 5.32 Å². The van der Waals surface area contributed by atoms with E-state index in [1.807, 2.05) is 10.7 Å². The van der Waals surface area contributed by atoms with Gasteiger partial charge in [-0.2, -0.15) is 0 Å². The summed E-state index contributed by atoms with van der Waals surface area (Å²) in [5.41, 5.74) is 2.60. The lowest BCUT2D eigenvalue weighted by molar-refractivity contribution is -0.126. The summed E-state index contributed by atoms with van der Waals surface area (Å²) >= 11 is 0. The van der Waals surface area contributed by atoms with E-state index in [0.29, 0.717) is 32.9 Å². The molecular formula is C15H18N4O4. The molecule has 0 saturated carbocycles. The molecule has 4 rings (SSSR count). The SMILES string of the molecule is O=C(NC[C@@H]1Cn2nnc(-c3ccoc3)c2CO1)[C@H]1CCOC1. The van der Waals surface area contributed by atoms with Crippen LogP contribution in [0.4, 0.5) is 0 Å². The van der Waals surface area contributed by atoms with Crippen LogP contribution in [0, 0.1) is 5.92 Å². The Balaban J connectivity index is 1.37. The lowest BCUT2D eigenvalue weighted by Gasteiger charge is -2.24. The highest BCUT2D eigenvalue weighted by atomic mass is 16.5. The van der Waals surface area contributed by atoms with Crippen LogP contribution in [0.1, 0.15) is 12.1 Å². The number of amides is 1. The fourth-order valence-corrected chi connectivity index (χ4v) is 2.91. The van der Waals surface area contributed by atoms with Gasteiger partial charge in [-0.05, 0) is 12.5 Å². The molecule has 2 atom stereocenters. The Bertz CT molecular complexity index is 676. The number of fused-ring (bicyclic) bond motifs is 1. The van der Waals surface area contributed by atoms with E-state index in [2.05, 4.69) is 15.6 Å². The molecule has 2 aliphatic rings. The third kappa shape index (κ3) is 2.87. The van der Waals surface area contributed by atoms with Crippen molar-refractivity contribution in [1.29, 1.82) is 0 Å². The number of carbonyl (C=O) groups is 1. The molecule has 4 heterocycles. The first kappa shape index (κ1) is 14.4. The Hall–Kier alpha value is -2.19. The predicted molar refractivity (Wildman–Crippen MR) is 78.2 cm³/mol. The standard InChI is InChI=1S/C15H18N4O4/c20-15(11-2-4-22-8-11)16-5-12-6-19-13(9-23-12)14(17-18-19)10-1-3-21-7-10/h1,3,7,11-12H,2,4-6,8-9H2,(H,16,20)/t11-,12+/m0/s1. The molecule has 0 spiro atoms. The number of carbonyl (C=O) groups excluding carboxylic acids is 1. The molecule has 1 saturated heterocycles. The van der Waals surface area contributed by atoms with E-state index >= 15 is 0 Å². The molecule has 2 aromatic rings. The van der Waals surface area contributed by atoms with E-state index in [4.69, 9.17) is 13.9 Å². The van der Waals surface area contributed by atoms with Crippen LogP contribution in [0.5, 0.6) is 0 Å². The fraction of sp³-hybridized carbons (Fsp3) is 0.533. The summed E-state index contributed by atoms with van der Waals surface area (Å²) in [6, 6.07) is 1.85. The molecule has 0 aromatic carbocycles. The lowest BCUT2D eigenvalue weighted by Crippen LogP contribution is -2.41. The predicted octanol–water partition coefficient (Wildman–Crippen LogP) is 0.590. The van der Waals surface area contributed by atoms with Gasteiger partial charge in [0.1, 0.15) is 5.69 Å². The minimum Gasteiger partial charge on any atom is -0.472 e. The van der Waals surface area contributed by atoms with Gasteiger partial charge >= 0.3 is 0 Å². The van der Waals surface area contributed by atoms with Gasteiger partial charge in [0.2, 0.25) is 5.91 Å². The summed E-state index contributed by atoms with van der Waals surface area (Å²) in [5.74, 6) is 0.00258. The van der Waals surface area contributed by atoms with Gasteiger partial charge in [0.15, 0.2) is 0 Å².